The zero-order valence-electron chi connectivity index (χ0n) is 12.0. The first-order chi connectivity index (χ1) is 9.20. The molecule has 1 fully saturated rings. The molecule has 1 aliphatic heterocycles. The molecular weight excluding hydrogens is 302 g/mol. The van der Waals surface area contributed by atoms with Crippen molar-refractivity contribution in [3.63, 3.8) is 0 Å². The molecule has 0 unspecified atom stereocenters. The molecule has 0 radical (unpaired) electrons. The molecule has 1 saturated heterocycles. The van der Waals surface area contributed by atoms with Gasteiger partial charge in [0.1, 0.15) is 0 Å². The Hall–Kier alpha value is -0.580. The molecule has 19 heavy (non-hydrogen) atoms. The number of anilines is 1. The Balaban J connectivity index is 2.09. The van der Waals surface area contributed by atoms with Crippen molar-refractivity contribution < 1.29 is 0 Å². The molecule has 1 aromatic rings. The average molecular weight is 326 g/mol. The molecule has 2 rings (SSSR count). The van der Waals surface area contributed by atoms with Gasteiger partial charge in [-0.2, -0.15) is 0 Å². The Kier molecular flexibility index (Phi) is 5.67. The molecule has 1 heterocycles. The highest BCUT2D eigenvalue weighted by atomic mass is 79.9. The molecule has 4 heteroatoms. The number of halogens is 1. The van der Waals surface area contributed by atoms with Crippen molar-refractivity contribution in [1.29, 1.82) is 0 Å². The zero-order valence-corrected chi connectivity index (χ0v) is 13.5. The number of piperazine rings is 1. The summed E-state index contributed by atoms with van der Waals surface area (Å²) in [5, 5.41) is 3.51. The fourth-order valence-electron chi connectivity index (χ4n) is 2.45. The summed E-state index contributed by atoms with van der Waals surface area (Å²) in [5.41, 5.74) is 2.78. The molecule has 0 bridgehead atoms. The van der Waals surface area contributed by atoms with Crippen LogP contribution in [0.1, 0.15) is 18.9 Å². The largest absolute Gasteiger partial charge is 0.369 e. The first-order valence-electron chi connectivity index (χ1n) is 7.13. The van der Waals surface area contributed by atoms with Gasteiger partial charge in [0.25, 0.3) is 0 Å². The molecule has 0 atom stereocenters. The van der Waals surface area contributed by atoms with Crippen LogP contribution in [-0.4, -0.2) is 44.7 Å². The fourth-order valence-corrected chi connectivity index (χ4v) is 2.86. The summed E-state index contributed by atoms with van der Waals surface area (Å²) >= 11 is 3.58. The van der Waals surface area contributed by atoms with E-state index in [2.05, 4.69) is 63.2 Å². The Morgan fingerprint density at radius 3 is 2.63 bits per heavy atom. The number of nitrogens with zero attached hydrogens (tertiary/aromatic N) is 2. The van der Waals surface area contributed by atoms with Crippen molar-refractivity contribution in [1.82, 2.24) is 10.2 Å². The minimum absolute atomic E-state index is 0.953. The van der Waals surface area contributed by atoms with Gasteiger partial charge in [-0.3, -0.25) is 0 Å². The second kappa shape index (κ2) is 7.27. The SMILES string of the molecule is CCCNCc1cc(Br)ccc1N1CCN(C)CC1. The summed E-state index contributed by atoms with van der Waals surface area (Å²) < 4.78 is 1.17. The lowest BCUT2D eigenvalue weighted by molar-refractivity contribution is 0.312. The van der Waals surface area contributed by atoms with Gasteiger partial charge in [0.15, 0.2) is 0 Å². The van der Waals surface area contributed by atoms with Crippen molar-refractivity contribution in [2.75, 3.05) is 44.7 Å². The first kappa shape index (κ1) is 14.8. The van der Waals surface area contributed by atoms with Crippen LogP contribution in [0.4, 0.5) is 5.69 Å². The normalized spacial score (nSPS) is 16.9. The Morgan fingerprint density at radius 1 is 1.21 bits per heavy atom. The van der Waals surface area contributed by atoms with E-state index in [9.17, 15) is 0 Å². The van der Waals surface area contributed by atoms with Crippen LogP contribution in [-0.2, 0) is 6.54 Å². The van der Waals surface area contributed by atoms with E-state index < -0.39 is 0 Å². The maximum Gasteiger partial charge on any atom is 0.0413 e. The first-order valence-corrected chi connectivity index (χ1v) is 7.92. The highest BCUT2D eigenvalue weighted by molar-refractivity contribution is 9.10. The molecule has 3 nitrogen and oxygen atoms in total. The van der Waals surface area contributed by atoms with Gasteiger partial charge in [-0.1, -0.05) is 22.9 Å². The minimum Gasteiger partial charge on any atom is -0.369 e. The Labute approximate surface area is 125 Å². The predicted octanol–water partition coefficient (Wildman–Crippen LogP) is 2.70. The van der Waals surface area contributed by atoms with Crippen LogP contribution >= 0.6 is 15.9 Å². The van der Waals surface area contributed by atoms with Gasteiger partial charge in [0.05, 0.1) is 0 Å². The zero-order chi connectivity index (χ0) is 13.7. The maximum atomic E-state index is 3.58. The molecule has 0 saturated carbocycles. The van der Waals surface area contributed by atoms with Gasteiger partial charge in [0, 0.05) is 42.9 Å². The van der Waals surface area contributed by atoms with Crippen LogP contribution in [0.5, 0.6) is 0 Å². The van der Waals surface area contributed by atoms with Gasteiger partial charge in [0.2, 0.25) is 0 Å². The highest BCUT2D eigenvalue weighted by Gasteiger charge is 2.16. The summed E-state index contributed by atoms with van der Waals surface area (Å²) in [6.45, 7) is 8.78. The second-order valence-corrected chi connectivity index (χ2v) is 6.16. The quantitative estimate of drug-likeness (QED) is 0.840. The van der Waals surface area contributed by atoms with E-state index in [1.807, 2.05) is 0 Å². The van der Waals surface area contributed by atoms with Gasteiger partial charge in [-0.25, -0.2) is 0 Å². The molecule has 1 aliphatic rings. The van der Waals surface area contributed by atoms with Crippen molar-refractivity contribution in [2.24, 2.45) is 0 Å². The fraction of sp³-hybridized carbons (Fsp3) is 0.600. The van der Waals surface area contributed by atoms with Crippen LogP contribution in [0.15, 0.2) is 22.7 Å². The number of hydrogen-bond acceptors (Lipinski definition) is 3. The average Bonchev–Trinajstić information content (AvgIpc) is 2.41. The van der Waals surface area contributed by atoms with Crippen molar-refractivity contribution in [3.8, 4) is 0 Å². The standard InChI is InChI=1S/C15H24BrN3/c1-3-6-17-12-13-11-14(16)4-5-15(13)19-9-7-18(2)8-10-19/h4-5,11,17H,3,6-10,12H2,1-2H3. The van der Waals surface area contributed by atoms with Gasteiger partial charge in [-0.15, -0.1) is 0 Å². The summed E-state index contributed by atoms with van der Waals surface area (Å²) in [5.74, 6) is 0. The van der Waals surface area contributed by atoms with Crippen LogP contribution < -0.4 is 10.2 Å². The van der Waals surface area contributed by atoms with E-state index in [0.29, 0.717) is 0 Å². The molecule has 1 N–H and O–H groups in total. The summed E-state index contributed by atoms with van der Waals surface area (Å²) in [6, 6.07) is 6.64. The third-order valence-corrected chi connectivity index (χ3v) is 4.12. The second-order valence-electron chi connectivity index (χ2n) is 5.24. The van der Waals surface area contributed by atoms with E-state index in [1.165, 1.54) is 22.1 Å². The number of likely N-dealkylation sites (N-methyl/N-ethyl adjacent to an activating group) is 1. The van der Waals surface area contributed by atoms with Crippen molar-refractivity contribution in [3.05, 3.63) is 28.2 Å². The predicted molar refractivity (Wildman–Crippen MR) is 85.8 cm³/mol. The van der Waals surface area contributed by atoms with E-state index in [-0.39, 0.29) is 0 Å². The molecule has 0 aromatic heterocycles. The topological polar surface area (TPSA) is 18.5 Å². The Morgan fingerprint density at radius 2 is 1.95 bits per heavy atom. The molecule has 0 amide bonds. The van der Waals surface area contributed by atoms with Gasteiger partial charge >= 0.3 is 0 Å². The lowest BCUT2D eigenvalue weighted by Gasteiger charge is -2.35. The number of benzene rings is 1. The van der Waals surface area contributed by atoms with E-state index in [0.717, 1.165) is 39.3 Å². The molecule has 106 valence electrons. The monoisotopic (exact) mass is 325 g/mol. The highest BCUT2D eigenvalue weighted by Crippen LogP contribution is 2.25. The number of nitrogens with one attached hydrogen (secondary N) is 1. The van der Waals surface area contributed by atoms with Crippen LogP contribution in [0.2, 0.25) is 0 Å². The summed E-state index contributed by atoms with van der Waals surface area (Å²) in [7, 11) is 2.20. The minimum atomic E-state index is 0.953. The molecular formula is C15H24BrN3. The van der Waals surface area contributed by atoms with Crippen LogP contribution in [0.3, 0.4) is 0 Å². The van der Waals surface area contributed by atoms with E-state index in [4.69, 9.17) is 0 Å². The lowest BCUT2D eigenvalue weighted by atomic mass is 10.1. The smallest absolute Gasteiger partial charge is 0.0413 e. The molecule has 1 aromatic carbocycles. The van der Waals surface area contributed by atoms with Crippen LogP contribution in [0.25, 0.3) is 0 Å². The van der Waals surface area contributed by atoms with Crippen molar-refractivity contribution >= 4 is 21.6 Å². The summed E-state index contributed by atoms with van der Waals surface area (Å²) in [4.78, 5) is 4.90. The van der Waals surface area contributed by atoms with E-state index >= 15 is 0 Å². The third-order valence-electron chi connectivity index (χ3n) is 3.63. The van der Waals surface area contributed by atoms with Crippen LogP contribution in [0, 0.1) is 0 Å². The Bertz CT molecular complexity index is 400. The van der Waals surface area contributed by atoms with Gasteiger partial charge < -0.3 is 15.1 Å². The van der Waals surface area contributed by atoms with E-state index in [1.54, 1.807) is 0 Å². The number of rotatable bonds is 5. The molecule has 0 spiro atoms. The summed E-state index contributed by atoms with van der Waals surface area (Å²) in [6.07, 6.45) is 1.18. The number of hydrogen-bond donors (Lipinski definition) is 1. The lowest BCUT2D eigenvalue weighted by Crippen LogP contribution is -2.45. The molecule has 0 aliphatic carbocycles. The third kappa shape index (κ3) is 4.20. The van der Waals surface area contributed by atoms with Gasteiger partial charge in [-0.05, 0) is 43.8 Å². The van der Waals surface area contributed by atoms with Crippen molar-refractivity contribution in [2.45, 2.75) is 19.9 Å². The maximum absolute atomic E-state index is 3.58.